The van der Waals surface area contributed by atoms with Crippen LogP contribution in [0.5, 0.6) is 0 Å². The van der Waals surface area contributed by atoms with E-state index in [9.17, 15) is 9.59 Å². The van der Waals surface area contributed by atoms with Crippen molar-refractivity contribution in [2.75, 3.05) is 10.6 Å². The number of carbonyl (C=O) groups excluding carboxylic acids is 2. The van der Waals surface area contributed by atoms with Crippen LogP contribution in [0.25, 0.3) is 11.3 Å². The highest BCUT2D eigenvalue weighted by Crippen LogP contribution is 2.21. The van der Waals surface area contributed by atoms with E-state index in [1.807, 2.05) is 12.1 Å². The number of carbonyl (C=O) groups is 2. The predicted octanol–water partition coefficient (Wildman–Crippen LogP) is 3.97. The van der Waals surface area contributed by atoms with E-state index in [4.69, 9.17) is 11.6 Å². The zero-order valence-corrected chi connectivity index (χ0v) is 16.6. The molecule has 2 aromatic heterocycles. The average Bonchev–Trinajstić information content (AvgIpc) is 3.38. The Morgan fingerprint density at radius 1 is 0.967 bits per heavy atom. The third kappa shape index (κ3) is 4.39. The molecule has 2 amide bonds. The summed E-state index contributed by atoms with van der Waals surface area (Å²) in [6.45, 7) is 0. The highest BCUT2D eigenvalue weighted by atomic mass is 35.5. The lowest BCUT2D eigenvalue weighted by Gasteiger charge is -2.07. The van der Waals surface area contributed by atoms with Crippen LogP contribution in [0.1, 0.15) is 21.0 Å². The fraction of sp³-hybridized carbons (Fsp3) is 0.0476. The van der Waals surface area contributed by atoms with E-state index in [0.29, 0.717) is 33.5 Å². The fourth-order valence-electron chi connectivity index (χ4n) is 2.81. The second-order valence-corrected chi connectivity index (χ2v) is 6.97. The quantitative estimate of drug-likeness (QED) is 0.454. The number of amides is 2. The number of hydrogen-bond acceptors (Lipinski definition) is 4. The lowest BCUT2D eigenvalue weighted by atomic mass is 10.1. The summed E-state index contributed by atoms with van der Waals surface area (Å²) in [5.41, 5.74) is 3.15. The van der Waals surface area contributed by atoms with Gasteiger partial charge in [-0.15, -0.1) is 0 Å². The summed E-state index contributed by atoms with van der Waals surface area (Å²) in [4.78, 5) is 24.8. The summed E-state index contributed by atoms with van der Waals surface area (Å²) in [5, 5.41) is 17.1. The second-order valence-electron chi connectivity index (χ2n) is 6.54. The third-order valence-corrected chi connectivity index (χ3v) is 4.54. The smallest absolute Gasteiger partial charge is 0.276 e. The van der Waals surface area contributed by atoms with Crippen LogP contribution in [0, 0.1) is 0 Å². The lowest BCUT2D eigenvalue weighted by Crippen LogP contribution is -2.14. The van der Waals surface area contributed by atoms with Crippen molar-refractivity contribution >= 4 is 34.8 Å². The Kier molecular flexibility index (Phi) is 5.32. The first-order valence-electron chi connectivity index (χ1n) is 9.02. The maximum Gasteiger partial charge on any atom is 0.276 e. The molecule has 2 heterocycles. The summed E-state index contributed by atoms with van der Waals surface area (Å²) in [6.07, 6.45) is 1.69. The molecule has 2 aromatic carbocycles. The van der Waals surface area contributed by atoms with Gasteiger partial charge in [-0.3, -0.25) is 19.4 Å². The number of aromatic nitrogens is 4. The Balaban J connectivity index is 1.44. The molecule has 0 atom stereocenters. The van der Waals surface area contributed by atoms with Gasteiger partial charge in [-0.25, -0.2) is 0 Å². The summed E-state index contributed by atoms with van der Waals surface area (Å²) >= 11 is 5.90. The molecule has 4 rings (SSSR count). The summed E-state index contributed by atoms with van der Waals surface area (Å²) in [5.74, 6) is -0.684. The Morgan fingerprint density at radius 2 is 1.67 bits per heavy atom. The van der Waals surface area contributed by atoms with Gasteiger partial charge in [-0.1, -0.05) is 29.8 Å². The van der Waals surface area contributed by atoms with E-state index in [0.717, 1.165) is 5.56 Å². The molecular formula is C21H17ClN6O2. The highest BCUT2D eigenvalue weighted by Gasteiger charge is 2.13. The van der Waals surface area contributed by atoms with Crippen LogP contribution in [0.3, 0.4) is 0 Å². The zero-order chi connectivity index (χ0) is 21.1. The predicted molar refractivity (Wildman–Crippen MR) is 115 cm³/mol. The molecule has 0 fully saturated rings. The molecular weight excluding hydrogens is 404 g/mol. The minimum atomic E-state index is -0.351. The second kappa shape index (κ2) is 8.22. The van der Waals surface area contributed by atoms with Gasteiger partial charge >= 0.3 is 0 Å². The number of rotatable bonds is 5. The molecule has 150 valence electrons. The van der Waals surface area contributed by atoms with Gasteiger partial charge in [0.2, 0.25) is 0 Å². The van der Waals surface area contributed by atoms with E-state index in [1.54, 1.807) is 66.5 Å². The number of nitrogens with zero attached hydrogens (tertiary/aromatic N) is 3. The summed E-state index contributed by atoms with van der Waals surface area (Å²) in [7, 11) is 1.74. The Labute approximate surface area is 176 Å². The molecule has 0 bridgehead atoms. The Morgan fingerprint density at radius 3 is 2.33 bits per heavy atom. The molecule has 0 spiro atoms. The SMILES string of the molecule is Cn1ccc(C(=O)Nc2cccc(NC(=O)c3cc(-c4ccc(Cl)cc4)n[nH]3)c2)n1. The summed E-state index contributed by atoms with van der Waals surface area (Å²) < 4.78 is 1.55. The van der Waals surface area contributed by atoms with Gasteiger partial charge in [-0.05, 0) is 42.5 Å². The van der Waals surface area contributed by atoms with E-state index in [2.05, 4.69) is 25.9 Å². The van der Waals surface area contributed by atoms with Crippen molar-refractivity contribution in [3.63, 3.8) is 0 Å². The fourth-order valence-corrected chi connectivity index (χ4v) is 2.94. The number of halogens is 1. The van der Waals surface area contributed by atoms with Crippen LogP contribution in [0.2, 0.25) is 5.02 Å². The maximum absolute atomic E-state index is 12.6. The lowest BCUT2D eigenvalue weighted by molar-refractivity contribution is 0.101. The van der Waals surface area contributed by atoms with E-state index in [1.165, 1.54) is 0 Å². The van der Waals surface area contributed by atoms with Crippen molar-refractivity contribution in [3.8, 4) is 11.3 Å². The number of anilines is 2. The van der Waals surface area contributed by atoms with Crippen molar-refractivity contribution in [3.05, 3.63) is 83.3 Å². The minimum Gasteiger partial charge on any atom is -0.321 e. The van der Waals surface area contributed by atoms with Gasteiger partial charge < -0.3 is 10.6 Å². The number of hydrogen-bond donors (Lipinski definition) is 3. The van der Waals surface area contributed by atoms with E-state index in [-0.39, 0.29) is 11.8 Å². The van der Waals surface area contributed by atoms with Crippen molar-refractivity contribution in [2.24, 2.45) is 7.05 Å². The maximum atomic E-state index is 12.6. The standard InChI is InChI=1S/C21H17ClN6O2/c1-28-10-9-17(27-28)20(29)23-15-3-2-4-16(11-15)24-21(30)19-12-18(25-26-19)13-5-7-14(22)8-6-13/h2-12H,1H3,(H,23,29)(H,24,30)(H,25,26). The largest absolute Gasteiger partial charge is 0.321 e. The molecule has 0 saturated heterocycles. The van der Waals surface area contributed by atoms with Gasteiger partial charge in [0.1, 0.15) is 5.69 Å². The van der Waals surface area contributed by atoms with Crippen molar-refractivity contribution < 1.29 is 9.59 Å². The monoisotopic (exact) mass is 420 g/mol. The number of aryl methyl sites for hydroxylation is 1. The molecule has 0 saturated carbocycles. The topological polar surface area (TPSA) is 105 Å². The van der Waals surface area contributed by atoms with Crippen LogP contribution in [0.4, 0.5) is 11.4 Å². The number of aromatic amines is 1. The minimum absolute atomic E-state index is 0.305. The molecule has 0 aliphatic carbocycles. The van der Waals surface area contributed by atoms with Crippen molar-refractivity contribution in [1.29, 1.82) is 0 Å². The van der Waals surface area contributed by atoms with Gasteiger partial charge in [0.15, 0.2) is 5.69 Å². The summed E-state index contributed by atoms with van der Waals surface area (Å²) in [6, 6.07) is 17.3. The first-order valence-corrected chi connectivity index (χ1v) is 9.39. The molecule has 30 heavy (non-hydrogen) atoms. The average molecular weight is 421 g/mol. The molecule has 3 N–H and O–H groups in total. The molecule has 9 heteroatoms. The third-order valence-electron chi connectivity index (χ3n) is 4.29. The van der Waals surface area contributed by atoms with Gasteiger partial charge in [-0.2, -0.15) is 10.2 Å². The first kappa shape index (κ1) is 19.4. The Bertz CT molecular complexity index is 1210. The zero-order valence-electron chi connectivity index (χ0n) is 15.9. The van der Waals surface area contributed by atoms with Gasteiger partial charge in [0, 0.05) is 35.2 Å². The molecule has 0 aliphatic rings. The number of nitrogens with one attached hydrogen (secondary N) is 3. The molecule has 0 unspecified atom stereocenters. The molecule has 8 nitrogen and oxygen atoms in total. The van der Waals surface area contributed by atoms with Crippen molar-refractivity contribution in [1.82, 2.24) is 20.0 Å². The van der Waals surface area contributed by atoms with Crippen molar-refractivity contribution in [2.45, 2.75) is 0 Å². The normalized spacial score (nSPS) is 10.6. The van der Waals surface area contributed by atoms with Crippen LogP contribution in [0.15, 0.2) is 66.9 Å². The van der Waals surface area contributed by atoms with Crippen LogP contribution >= 0.6 is 11.6 Å². The molecule has 4 aromatic rings. The highest BCUT2D eigenvalue weighted by molar-refractivity contribution is 6.30. The first-order chi connectivity index (χ1) is 14.5. The number of H-pyrrole nitrogens is 1. The van der Waals surface area contributed by atoms with Gasteiger partial charge in [0.05, 0.1) is 5.69 Å². The van der Waals surface area contributed by atoms with Crippen LogP contribution in [-0.4, -0.2) is 31.8 Å². The molecule has 0 radical (unpaired) electrons. The Hall–Kier alpha value is -3.91. The van der Waals surface area contributed by atoms with Crippen LogP contribution in [-0.2, 0) is 7.05 Å². The van der Waals surface area contributed by atoms with E-state index < -0.39 is 0 Å². The van der Waals surface area contributed by atoms with Crippen LogP contribution < -0.4 is 10.6 Å². The number of benzene rings is 2. The molecule has 0 aliphatic heterocycles. The van der Waals surface area contributed by atoms with Gasteiger partial charge in [0.25, 0.3) is 11.8 Å². The van der Waals surface area contributed by atoms with E-state index >= 15 is 0 Å².